The Morgan fingerprint density at radius 3 is 2.78 bits per heavy atom. The molecule has 0 saturated heterocycles. The van der Waals surface area contributed by atoms with Gasteiger partial charge in [0.05, 0.1) is 5.02 Å². The number of Topliss-reactive ketones (excluding diaryl/α,β-unsaturated/α-hetero) is 1. The fourth-order valence-electron chi connectivity index (χ4n) is 3.07. The summed E-state index contributed by atoms with van der Waals surface area (Å²) in [5.41, 5.74) is 3.37. The summed E-state index contributed by atoms with van der Waals surface area (Å²) in [4.78, 5) is 14.1. The number of halogens is 1. The van der Waals surface area contributed by atoms with Crippen molar-refractivity contribution in [2.45, 2.75) is 33.4 Å². The lowest BCUT2D eigenvalue weighted by atomic mass is 10.1. The van der Waals surface area contributed by atoms with Gasteiger partial charge in [-0.25, -0.2) is 0 Å². The number of nitrogens with zero attached hydrogens (tertiary/aromatic N) is 5. The summed E-state index contributed by atoms with van der Waals surface area (Å²) in [6.45, 7) is 5.49. The molecule has 142 valence electrons. The zero-order valence-corrected chi connectivity index (χ0v) is 16.4. The normalized spacial score (nSPS) is 11.1. The first-order valence-corrected chi connectivity index (χ1v) is 9.10. The third kappa shape index (κ3) is 4.26. The number of aryl methyl sites for hydroxylation is 1. The molecule has 3 aromatic rings. The molecule has 0 N–H and O–H groups in total. The number of tetrazole rings is 1. The molecule has 3 rings (SSSR count). The summed E-state index contributed by atoms with van der Waals surface area (Å²) in [7, 11) is 1.69. The Morgan fingerprint density at radius 2 is 2.04 bits per heavy atom. The van der Waals surface area contributed by atoms with Gasteiger partial charge in [0.2, 0.25) is 5.82 Å². The number of carbonyl (C=O) groups is 1. The van der Waals surface area contributed by atoms with Crippen LogP contribution in [0.5, 0.6) is 0 Å². The third-order valence-corrected chi connectivity index (χ3v) is 4.79. The van der Waals surface area contributed by atoms with Gasteiger partial charge >= 0.3 is 0 Å². The molecule has 8 heteroatoms. The topological polar surface area (TPSA) is 74.8 Å². The molecule has 0 spiro atoms. The lowest BCUT2D eigenvalue weighted by Gasteiger charge is -2.09. The minimum absolute atomic E-state index is 0.0276. The lowest BCUT2D eigenvalue weighted by Crippen LogP contribution is -2.14. The van der Waals surface area contributed by atoms with Gasteiger partial charge in [-0.3, -0.25) is 4.79 Å². The molecule has 0 aliphatic heterocycles. The van der Waals surface area contributed by atoms with Crippen molar-refractivity contribution in [1.29, 1.82) is 0 Å². The maximum Gasteiger partial charge on any atom is 0.206 e. The molecule has 0 fully saturated rings. The SMILES string of the molecule is COCCCn1c(C)cc(C(=O)Cn2nnc(-c3ccccc3Cl)n2)c1C. The third-order valence-electron chi connectivity index (χ3n) is 4.46. The Bertz CT molecular complexity index is 947. The van der Waals surface area contributed by atoms with Crippen molar-refractivity contribution < 1.29 is 9.53 Å². The molecule has 2 aromatic heterocycles. The molecule has 0 atom stereocenters. The standard InChI is InChI=1S/C19H22ClN5O2/c1-13-11-16(14(2)24(13)9-6-10-27-3)18(26)12-25-22-19(21-23-25)15-7-4-5-8-17(15)20/h4-5,7-8,11H,6,9-10,12H2,1-3H3. The summed E-state index contributed by atoms with van der Waals surface area (Å²) in [5.74, 6) is 0.350. The second kappa shape index (κ2) is 8.45. The maximum atomic E-state index is 12.8. The molecule has 27 heavy (non-hydrogen) atoms. The molecule has 0 saturated carbocycles. The Labute approximate surface area is 162 Å². The Balaban J connectivity index is 1.75. The predicted octanol–water partition coefficient (Wildman–Crippen LogP) is 3.33. The van der Waals surface area contributed by atoms with E-state index in [0.29, 0.717) is 28.6 Å². The van der Waals surface area contributed by atoms with E-state index < -0.39 is 0 Å². The Kier molecular flexibility index (Phi) is 6.03. The van der Waals surface area contributed by atoms with E-state index in [1.807, 2.05) is 38.1 Å². The van der Waals surface area contributed by atoms with Crippen LogP contribution in [-0.4, -0.2) is 44.3 Å². The van der Waals surface area contributed by atoms with Crippen molar-refractivity contribution in [2.24, 2.45) is 0 Å². The zero-order chi connectivity index (χ0) is 19.4. The van der Waals surface area contributed by atoms with Crippen LogP contribution < -0.4 is 0 Å². The van der Waals surface area contributed by atoms with E-state index in [1.54, 1.807) is 13.2 Å². The number of hydrogen-bond acceptors (Lipinski definition) is 5. The fourth-order valence-corrected chi connectivity index (χ4v) is 3.29. The summed E-state index contributed by atoms with van der Waals surface area (Å²) < 4.78 is 7.24. The van der Waals surface area contributed by atoms with Crippen molar-refractivity contribution in [3.8, 4) is 11.4 Å². The quantitative estimate of drug-likeness (QED) is 0.437. The van der Waals surface area contributed by atoms with Gasteiger partial charge in [0.1, 0.15) is 6.54 Å². The average Bonchev–Trinajstić information content (AvgIpc) is 3.21. The molecule has 0 aliphatic carbocycles. The Hall–Kier alpha value is -2.51. The second-order valence-electron chi connectivity index (χ2n) is 6.33. The molecular formula is C19H22ClN5O2. The average molecular weight is 388 g/mol. The zero-order valence-electron chi connectivity index (χ0n) is 15.6. The summed E-state index contributed by atoms with van der Waals surface area (Å²) in [6.07, 6.45) is 0.895. The van der Waals surface area contributed by atoms with Crippen LogP contribution in [0.1, 0.15) is 28.2 Å². The minimum atomic E-state index is -0.0517. The van der Waals surface area contributed by atoms with Gasteiger partial charge in [-0.15, -0.1) is 10.2 Å². The molecule has 0 aliphatic rings. The summed E-state index contributed by atoms with van der Waals surface area (Å²) in [5, 5.41) is 12.8. The van der Waals surface area contributed by atoms with E-state index in [4.69, 9.17) is 16.3 Å². The van der Waals surface area contributed by atoms with E-state index >= 15 is 0 Å². The fraction of sp³-hybridized carbons (Fsp3) is 0.368. The van der Waals surface area contributed by atoms with Gasteiger partial charge in [-0.1, -0.05) is 23.7 Å². The van der Waals surface area contributed by atoms with Crippen molar-refractivity contribution in [2.75, 3.05) is 13.7 Å². The van der Waals surface area contributed by atoms with Gasteiger partial charge < -0.3 is 9.30 Å². The van der Waals surface area contributed by atoms with Gasteiger partial charge in [0.15, 0.2) is 5.78 Å². The largest absolute Gasteiger partial charge is 0.385 e. The first-order valence-electron chi connectivity index (χ1n) is 8.73. The first kappa shape index (κ1) is 19.3. The van der Waals surface area contributed by atoms with Crippen LogP contribution in [-0.2, 0) is 17.8 Å². The number of benzene rings is 1. The van der Waals surface area contributed by atoms with Crippen molar-refractivity contribution in [1.82, 2.24) is 24.8 Å². The van der Waals surface area contributed by atoms with E-state index in [2.05, 4.69) is 20.0 Å². The molecule has 0 radical (unpaired) electrons. The highest BCUT2D eigenvalue weighted by Crippen LogP contribution is 2.23. The van der Waals surface area contributed by atoms with Crippen molar-refractivity contribution in [3.05, 3.63) is 52.3 Å². The molecule has 2 heterocycles. The smallest absolute Gasteiger partial charge is 0.206 e. The predicted molar refractivity (Wildman–Crippen MR) is 103 cm³/mol. The maximum absolute atomic E-state index is 12.8. The first-order chi connectivity index (χ1) is 13.0. The number of ketones is 1. The number of aromatic nitrogens is 5. The van der Waals surface area contributed by atoms with Gasteiger partial charge in [0.25, 0.3) is 0 Å². The minimum Gasteiger partial charge on any atom is -0.385 e. The van der Waals surface area contributed by atoms with Crippen LogP contribution in [0.15, 0.2) is 30.3 Å². The number of methoxy groups -OCH3 is 1. The van der Waals surface area contributed by atoms with E-state index in [0.717, 1.165) is 24.4 Å². The highest BCUT2D eigenvalue weighted by molar-refractivity contribution is 6.33. The highest BCUT2D eigenvalue weighted by Gasteiger charge is 2.18. The number of rotatable bonds is 8. The van der Waals surface area contributed by atoms with Gasteiger partial charge in [-0.05, 0) is 43.7 Å². The highest BCUT2D eigenvalue weighted by atomic mass is 35.5. The van der Waals surface area contributed by atoms with E-state index in [9.17, 15) is 4.79 Å². The van der Waals surface area contributed by atoms with Crippen LogP contribution >= 0.6 is 11.6 Å². The molecule has 1 aromatic carbocycles. The number of ether oxygens (including phenoxy) is 1. The number of carbonyl (C=O) groups excluding carboxylic acids is 1. The summed E-state index contributed by atoms with van der Waals surface area (Å²) in [6, 6.07) is 9.18. The molecule has 0 unspecified atom stereocenters. The molecular weight excluding hydrogens is 366 g/mol. The second-order valence-corrected chi connectivity index (χ2v) is 6.74. The van der Waals surface area contributed by atoms with Crippen LogP contribution in [0.2, 0.25) is 5.02 Å². The van der Waals surface area contributed by atoms with Crippen LogP contribution in [0.3, 0.4) is 0 Å². The molecule has 0 amide bonds. The van der Waals surface area contributed by atoms with Crippen molar-refractivity contribution >= 4 is 17.4 Å². The lowest BCUT2D eigenvalue weighted by molar-refractivity contribution is 0.0960. The van der Waals surface area contributed by atoms with Gasteiger partial charge in [-0.2, -0.15) is 4.80 Å². The van der Waals surface area contributed by atoms with Crippen molar-refractivity contribution in [3.63, 3.8) is 0 Å². The molecule has 0 bridgehead atoms. The monoisotopic (exact) mass is 387 g/mol. The van der Waals surface area contributed by atoms with Crippen LogP contribution in [0.25, 0.3) is 11.4 Å². The van der Waals surface area contributed by atoms with Gasteiger partial charge in [0, 0.05) is 42.8 Å². The number of hydrogen-bond donors (Lipinski definition) is 0. The molecule has 7 nitrogen and oxygen atoms in total. The summed E-state index contributed by atoms with van der Waals surface area (Å²) >= 11 is 6.17. The van der Waals surface area contributed by atoms with Crippen LogP contribution in [0.4, 0.5) is 0 Å². The van der Waals surface area contributed by atoms with E-state index in [1.165, 1.54) is 4.80 Å². The van der Waals surface area contributed by atoms with E-state index in [-0.39, 0.29) is 12.3 Å². The Morgan fingerprint density at radius 1 is 1.26 bits per heavy atom. The van der Waals surface area contributed by atoms with Crippen LogP contribution in [0, 0.1) is 13.8 Å².